The van der Waals surface area contributed by atoms with Crippen molar-refractivity contribution in [3.63, 3.8) is 0 Å². The molecule has 0 spiro atoms. The van der Waals surface area contributed by atoms with Gasteiger partial charge in [0.2, 0.25) is 0 Å². The van der Waals surface area contributed by atoms with Crippen molar-refractivity contribution in [1.29, 1.82) is 0 Å². The topological polar surface area (TPSA) is 43.1 Å². The quantitative estimate of drug-likeness (QED) is 0.374. The lowest BCUT2D eigenvalue weighted by molar-refractivity contribution is -0.422. The summed E-state index contributed by atoms with van der Waals surface area (Å²) >= 11 is 0. The molecule has 0 N–H and O–H groups in total. The maximum absolute atomic E-state index is 12.3. The first kappa shape index (κ1) is 13.2. The van der Waals surface area contributed by atoms with E-state index in [2.05, 4.69) is 13.2 Å². The van der Waals surface area contributed by atoms with E-state index in [4.69, 9.17) is 0 Å². The Balaban J connectivity index is 0. The fraction of sp³-hybridized carbons (Fsp3) is 0.250. The average molecular weight is 173 g/mol. The minimum absolute atomic E-state index is 0.750. The molecule has 0 amide bonds. The fourth-order valence-corrected chi connectivity index (χ4v) is 0.287. The zero-order valence-electron chi connectivity index (χ0n) is 7.21. The lowest BCUT2D eigenvalue weighted by Gasteiger charge is -1.88. The van der Waals surface area contributed by atoms with Crippen molar-refractivity contribution < 1.29 is 9.31 Å². The van der Waals surface area contributed by atoms with Gasteiger partial charge in [-0.2, -0.15) is 4.39 Å². The largest absolute Gasteiger partial charge is 0.297 e. The summed E-state index contributed by atoms with van der Waals surface area (Å²) in [5.41, 5.74) is -0.750. The number of allylic oxidation sites excluding steroid dienone is 3. The van der Waals surface area contributed by atoms with Crippen LogP contribution in [0.3, 0.4) is 0 Å². The Labute approximate surface area is 71.0 Å². The van der Waals surface area contributed by atoms with Gasteiger partial charge in [0.05, 0.1) is 4.92 Å². The molecule has 0 bridgehead atoms. The Bertz CT molecular complexity index is 209. The molecule has 3 nitrogen and oxygen atoms in total. The van der Waals surface area contributed by atoms with Crippen LogP contribution >= 0.6 is 0 Å². The van der Waals surface area contributed by atoms with Crippen molar-refractivity contribution in [2.45, 2.75) is 13.8 Å². The van der Waals surface area contributed by atoms with E-state index >= 15 is 0 Å². The molecule has 0 aromatic rings. The second-order valence-electron chi connectivity index (χ2n) is 1.45. The molecule has 0 aliphatic rings. The first-order valence-electron chi connectivity index (χ1n) is 3.41. The van der Waals surface area contributed by atoms with Gasteiger partial charge >= 0.3 is 0 Å². The van der Waals surface area contributed by atoms with E-state index in [0.717, 1.165) is 12.2 Å². The van der Waals surface area contributed by atoms with Crippen LogP contribution in [0.15, 0.2) is 36.8 Å². The van der Waals surface area contributed by atoms with Crippen molar-refractivity contribution in [2.24, 2.45) is 0 Å². The van der Waals surface area contributed by atoms with E-state index in [-0.39, 0.29) is 0 Å². The summed E-state index contributed by atoms with van der Waals surface area (Å²) in [6, 6.07) is 0. The summed E-state index contributed by atoms with van der Waals surface area (Å²) < 4.78 is 12.3. The van der Waals surface area contributed by atoms with Crippen LogP contribution in [0, 0.1) is 10.1 Å². The Kier molecular flexibility index (Phi) is 8.40. The van der Waals surface area contributed by atoms with Gasteiger partial charge in [0.15, 0.2) is 5.83 Å². The summed E-state index contributed by atoms with van der Waals surface area (Å²) in [5, 5.41) is 9.81. The SMILES string of the molecule is C=C/C=C(/F)C(=C)[N+](=O)[O-].CC. The smallest absolute Gasteiger partial charge is 0.258 e. The maximum Gasteiger partial charge on any atom is 0.297 e. The lowest BCUT2D eigenvalue weighted by Crippen LogP contribution is -1.96. The zero-order valence-corrected chi connectivity index (χ0v) is 7.21. The summed E-state index contributed by atoms with van der Waals surface area (Å²) in [4.78, 5) is 8.91. The highest BCUT2D eigenvalue weighted by Crippen LogP contribution is 2.08. The standard InChI is InChI=1S/C6H6FNO2.C2H6/c1-3-4-6(7)5(2)8(9)10;1-2/h3-4H,1-2H2;1-2H3/b6-4+;. The summed E-state index contributed by atoms with van der Waals surface area (Å²) in [7, 11) is 0. The Morgan fingerprint density at radius 1 is 1.58 bits per heavy atom. The van der Waals surface area contributed by atoms with Crippen LogP contribution in [0.5, 0.6) is 0 Å². The molecule has 68 valence electrons. The van der Waals surface area contributed by atoms with Gasteiger partial charge in [-0.1, -0.05) is 26.5 Å². The first-order valence-corrected chi connectivity index (χ1v) is 3.41. The fourth-order valence-electron chi connectivity index (χ4n) is 0.287. The molecule has 0 fully saturated rings. The van der Waals surface area contributed by atoms with Crippen molar-refractivity contribution in [3.05, 3.63) is 46.9 Å². The zero-order chi connectivity index (χ0) is 10.1. The van der Waals surface area contributed by atoms with E-state index in [0.29, 0.717) is 0 Å². The van der Waals surface area contributed by atoms with Gasteiger partial charge < -0.3 is 0 Å². The molecule has 0 atom stereocenters. The normalized spacial score (nSPS) is 9.42. The molecule has 0 heterocycles. The van der Waals surface area contributed by atoms with Gasteiger partial charge in [-0.3, -0.25) is 10.1 Å². The Hall–Kier alpha value is -1.45. The second kappa shape index (κ2) is 7.65. The highest BCUT2D eigenvalue weighted by atomic mass is 19.1. The predicted octanol–water partition coefficient (Wildman–Crippen LogP) is 2.84. The van der Waals surface area contributed by atoms with Crippen LogP contribution < -0.4 is 0 Å². The van der Waals surface area contributed by atoms with Gasteiger partial charge in [0.25, 0.3) is 5.70 Å². The highest BCUT2D eigenvalue weighted by Gasteiger charge is 2.11. The molecule has 0 aliphatic carbocycles. The molecule has 0 radical (unpaired) electrons. The van der Waals surface area contributed by atoms with E-state index in [1.807, 2.05) is 13.8 Å². The minimum atomic E-state index is -0.972. The number of nitrogens with zero attached hydrogens (tertiary/aromatic N) is 1. The van der Waals surface area contributed by atoms with Crippen LogP contribution in [0.25, 0.3) is 0 Å². The molecule has 4 heteroatoms. The first-order chi connectivity index (χ1) is 5.59. The third kappa shape index (κ3) is 5.34. The van der Waals surface area contributed by atoms with Gasteiger partial charge in [-0.25, -0.2) is 0 Å². The van der Waals surface area contributed by atoms with E-state index in [1.165, 1.54) is 0 Å². The van der Waals surface area contributed by atoms with Gasteiger partial charge in [-0.15, -0.1) is 0 Å². The summed E-state index contributed by atoms with van der Waals surface area (Å²) in [6.07, 6.45) is 2.00. The van der Waals surface area contributed by atoms with Crippen LogP contribution in [-0.2, 0) is 0 Å². The Morgan fingerprint density at radius 2 is 2.00 bits per heavy atom. The number of hydrogen-bond donors (Lipinski definition) is 0. The van der Waals surface area contributed by atoms with Crippen LogP contribution in [-0.4, -0.2) is 4.92 Å². The summed E-state index contributed by atoms with van der Waals surface area (Å²) in [6.45, 7) is 10.0. The molecule has 0 unspecified atom stereocenters. The maximum atomic E-state index is 12.3. The van der Waals surface area contributed by atoms with Crippen LogP contribution in [0.1, 0.15) is 13.8 Å². The molecule has 0 aromatic heterocycles. The molecule has 0 saturated carbocycles. The third-order valence-electron chi connectivity index (χ3n) is 0.760. The lowest BCUT2D eigenvalue weighted by atomic mass is 10.4. The minimum Gasteiger partial charge on any atom is -0.258 e. The molecule has 0 rings (SSSR count). The van der Waals surface area contributed by atoms with Crippen molar-refractivity contribution in [1.82, 2.24) is 0 Å². The predicted molar refractivity (Wildman–Crippen MR) is 46.9 cm³/mol. The highest BCUT2D eigenvalue weighted by molar-refractivity contribution is 5.18. The number of halogens is 1. The van der Waals surface area contributed by atoms with Gasteiger partial charge in [0.1, 0.15) is 0 Å². The number of nitro groups is 1. The molecular formula is C8H12FNO2. The number of hydrogen-bond acceptors (Lipinski definition) is 2. The van der Waals surface area contributed by atoms with Crippen molar-refractivity contribution in [2.75, 3.05) is 0 Å². The monoisotopic (exact) mass is 173 g/mol. The van der Waals surface area contributed by atoms with Gasteiger partial charge in [-0.05, 0) is 12.7 Å². The Morgan fingerprint density at radius 3 is 2.25 bits per heavy atom. The molecule has 0 aliphatic heterocycles. The van der Waals surface area contributed by atoms with E-state index in [1.54, 1.807) is 0 Å². The number of rotatable bonds is 3. The molecular weight excluding hydrogens is 161 g/mol. The molecule has 0 aromatic carbocycles. The second-order valence-corrected chi connectivity index (χ2v) is 1.45. The van der Waals surface area contributed by atoms with E-state index in [9.17, 15) is 14.5 Å². The molecule has 0 saturated heterocycles. The van der Waals surface area contributed by atoms with Gasteiger partial charge in [0, 0.05) is 0 Å². The van der Waals surface area contributed by atoms with Crippen molar-refractivity contribution >= 4 is 0 Å². The average Bonchev–Trinajstić information content (AvgIpc) is 2.07. The third-order valence-corrected chi connectivity index (χ3v) is 0.760. The van der Waals surface area contributed by atoms with E-state index < -0.39 is 16.4 Å². The van der Waals surface area contributed by atoms with Crippen LogP contribution in [0.2, 0.25) is 0 Å². The van der Waals surface area contributed by atoms with Crippen molar-refractivity contribution in [3.8, 4) is 0 Å². The summed E-state index contributed by atoms with van der Waals surface area (Å²) in [5.74, 6) is -0.972. The van der Waals surface area contributed by atoms with Crippen LogP contribution in [0.4, 0.5) is 4.39 Å². The molecule has 12 heavy (non-hydrogen) atoms.